The van der Waals surface area contributed by atoms with Crippen LogP contribution >= 0.6 is 0 Å². The molecule has 0 aliphatic heterocycles. The van der Waals surface area contributed by atoms with Crippen LogP contribution < -0.4 is 0 Å². The number of rotatable bonds is 2. The molecule has 2 heteroatoms. The summed E-state index contributed by atoms with van der Waals surface area (Å²) in [7, 11) is -1.29. The molecule has 0 aliphatic carbocycles. The van der Waals surface area contributed by atoms with Gasteiger partial charge in [-0.2, -0.15) is 0 Å². The van der Waals surface area contributed by atoms with Gasteiger partial charge >= 0.3 is 0 Å². The predicted molar refractivity (Wildman–Crippen MR) is 56.6 cm³/mol. The van der Waals surface area contributed by atoms with E-state index in [1.165, 1.54) is 5.32 Å². The summed E-state index contributed by atoms with van der Waals surface area (Å²) in [6.45, 7) is 10.6. The Morgan fingerprint density at radius 1 is 1.25 bits per heavy atom. The average Bonchev–Trinajstić information content (AvgIpc) is 2.38. The van der Waals surface area contributed by atoms with Gasteiger partial charge in [-0.25, -0.2) is 0 Å². The fourth-order valence-electron chi connectivity index (χ4n) is 1.23. The molecule has 0 aromatic carbocycles. The molecule has 0 amide bonds. The molecule has 0 unspecified atom stereocenters. The molecule has 0 N–H and O–H groups in total. The lowest BCUT2D eigenvalue weighted by Crippen LogP contribution is -2.25. The van der Waals surface area contributed by atoms with Crippen LogP contribution in [0.1, 0.15) is 0 Å². The highest BCUT2D eigenvalue weighted by Crippen LogP contribution is 2.17. The zero-order valence-electron chi connectivity index (χ0n) is 7.96. The van der Waals surface area contributed by atoms with Gasteiger partial charge in [0.2, 0.25) is 0 Å². The Morgan fingerprint density at radius 3 is 2.08 bits per heavy atom. The monoisotopic (exact) mass is 177 g/mol. The van der Waals surface area contributed by atoms with Crippen LogP contribution in [0.5, 0.6) is 0 Å². The van der Waals surface area contributed by atoms with Gasteiger partial charge in [-0.1, -0.05) is 26.2 Å². The van der Waals surface area contributed by atoms with Gasteiger partial charge in [-0.05, 0) is 12.1 Å². The molecule has 0 saturated heterocycles. The number of hydrogen-bond acceptors (Lipinski definition) is 0. The summed E-state index contributed by atoms with van der Waals surface area (Å²) in [4.78, 5) is 0. The Labute approximate surface area is 75.0 Å². The van der Waals surface area contributed by atoms with E-state index in [0.29, 0.717) is 0 Å². The lowest BCUT2D eigenvalue weighted by atomic mass is 10.7. The van der Waals surface area contributed by atoms with Crippen LogP contribution in [0.4, 0.5) is 0 Å². The summed E-state index contributed by atoms with van der Waals surface area (Å²) < 4.78 is 2.11. The molecule has 1 aromatic rings. The predicted octanol–water partition coefficient (Wildman–Crippen LogP) is 2.99. The van der Waals surface area contributed by atoms with Crippen LogP contribution in [0.2, 0.25) is 19.6 Å². The summed E-state index contributed by atoms with van der Waals surface area (Å²) in [6, 6.07) is 4.05. The van der Waals surface area contributed by atoms with Crippen molar-refractivity contribution in [2.24, 2.45) is 0 Å². The van der Waals surface area contributed by atoms with Crippen molar-refractivity contribution in [1.29, 1.82) is 0 Å². The highest BCUT2D eigenvalue weighted by atomic mass is 28.3. The first-order valence-electron chi connectivity index (χ1n) is 4.09. The molecule has 1 aromatic heterocycles. The molecule has 0 spiro atoms. The Bertz CT molecular complexity index is 297. The molecule has 0 atom stereocenters. The Balaban J connectivity index is 3.10. The van der Waals surface area contributed by atoms with Gasteiger partial charge in [-0.3, -0.25) is 0 Å². The third kappa shape index (κ3) is 1.79. The zero-order chi connectivity index (χ0) is 9.19. The molecule has 0 fully saturated rings. The zero-order valence-corrected chi connectivity index (χ0v) is 8.96. The lowest BCUT2D eigenvalue weighted by molar-refractivity contribution is 1.14. The van der Waals surface area contributed by atoms with Crippen LogP contribution in [0.15, 0.2) is 36.8 Å². The summed E-state index contributed by atoms with van der Waals surface area (Å²) in [5.74, 6) is 0. The molecule has 12 heavy (non-hydrogen) atoms. The van der Waals surface area contributed by atoms with Crippen molar-refractivity contribution < 1.29 is 0 Å². The second-order valence-corrected chi connectivity index (χ2v) is 8.84. The average molecular weight is 177 g/mol. The normalized spacial score (nSPS) is 10.9. The highest BCUT2D eigenvalue weighted by Gasteiger charge is 2.20. The minimum Gasteiger partial charge on any atom is -0.325 e. The van der Waals surface area contributed by atoms with E-state index in [1.807, 2.05) is 24.5 Å². The number of nitrogens with zero attached hydrogens (tertiary/aromatic N) is 1. The van der Waals surface area contributed by atoms with Crippen molar-refractivity contribution in [1.82, 2.24) is 4.57 Å². The third-order valence-corrected chi connectivity index (χ3v) is 3.60. The summed E-state index contributed by atoms with van der Waals surface area (Å²) in [5.41, 5.74) is 3.04. The minimum absolute atomic E-state index is 1.24. The first-order chi connectivity index (χ1) is 5.55. The smallest absolute Gasteiger partial charge is 0.109 e. The van der Waals surface area contributed by atoms with E-state index in [0.717, 1.165) is 0 Å². The second-order valence-electron chi connectivity index (χ2n) is 3.87. The van der Waals surface area contributed by atoms with Crippen molar-refractivity contribution in [2.75, 3.05) is 0 Å². The number of aromatic nitrogens is 1. The summed E-state index contributed by atoms with van der Waals surface area (Å²) >= 11 is 0. The van der Waals surface area contributed by atoms with E-state index in [-0.39, 0.29) is 0 Å². The van der Waals surface area contributed by atoms with Crippen LogP contribution in [0.3, 0.4) is 0 Å². The van der Waals surface area contributed by atoms with Crippen molar-refractivity contribution in [2.45, 2.75) is 19.6 Å². The van der Waals surface area contributed by atoms with E-state index >= 15 is 0 Å². The van der Waals surface area contributed by atoms with Gasteiger partial charge in [-0.15, -0.1) is 5.73 Å². The molecule has 64 valence electrons. The molecule has 0 saturated carbocycles. The van der Waals surface area contributed by atoms with E-state index in [1.54, 1.807) is 0 Å². The van der Waals surface area contributed by atoms with Gasteiger partial charge < -0.3 is 4.57 Å². The topological polar surface area (TPSA) is 4.93 Å². The van der Waals surface area contributed by atoms with Gasteiger partial charge in [0.05, 0.1) is 0 Å². The second kappa shape index (κ2) is 3.17. The van der Waals surface area contributed by atoms with Crippen LogP contribution in [-0.2, 0) is 0 Å². The first kappa shape index (κ1) is 9.11. The fraction of sp³-hybridized carbons (Fsp3) is 0.300. The van der Waals surface area contributed by atoms with Crippen LogP contribution in [0.25, 0.3) is 5.32 Å². The van der Waals surface area contributed by atoms with Gasteiger partial charge in [0.1, 0.15) is 8.07 Å². The van der Waals surface area contributed by atoms with Crippen molar-refractivity contribution >= 4 is 13.4 Å². The standard InChI is InChI=1S/C10H15NSi/c1-5-10(12(2,3)4)11-8-6-7-9-11/h6-9H,1H2,2-4H3. The van der Waals surface area contributed by atoms with E-state index in [4.69, 9.17) is 0 Å². The quantitative estimate of drug-likeness (QED) is 0.483. The molecule has 1 rings (SSSR count). The maximum atomic E-state index is 3.74. The largest absolute Gasteiger partial charge is 0.325 e. The van der Waals surface area contributed by atoms with E-state index < -0.39 is 8.07 Å². The molecule has 1 heterocycles. The summed E-state index contributed by atoms with van der Waals surface area (Å²) in [6.07, 6.45) is 4.09. The molecule has 1 nitrogen and oxygen atoms in total. The van der Waals surface area contributed by atoms with Crippen molar-refractivity contribution in [3.63, 3.8) is 0 Å². The van der Waals surface area contributed by atoms with Crippen LogP contribution in [-0.4, -0.2) is 12.6 Å². The van der Waals surface area contributed by atoms with Gasteiger partial charge in [0.15, 0.2) is 0 Å². The Hall–Kier alpha value is -0.983. The summed E-state index contributed by atoms with van der Waals surface area (Å²) in [5, 5.41) is 1.24. The maximum Gasteiger partial charge on any atom is 0.109 e. The van der Waals surface area contributed by atoms with Crippen molar-refractivity contribution in [3.8, 4) is 0 Å². The van der Waals surface area contributed by atoms with Gasteiger partial charge in [0, 0.05) is 17.7 Å². The molecular formula is C10H15NSi. The van der Waals surface area contributed by atoms with Gasteiger partial charge in [0.25, 0.3) is 0 Å². The first-order valence-corrected chi connectivity index (χ1v) is 7.59. The Morgan fingerprint density at radius 2 is 1.75 bits per heavy atom. The maximum absolute atomic E-state index is 3.74. The third-order valence-electron chi connectivity index (χ3n) is 1.74. The van der Waals surface area contributed by atoms with E-state index in [2.05, 4.69) is 36.5 Å². The molecular weight excluding hydrogens is 162 g/mol. The molecule has 0 bridgehead atoms. The van der Waals surface area contributed by atoms with E-state index in [9.17, 15) is 0 Å². The highest BCUT2D eigenvalue weighted by molar-refractivity contribution is 6.92. The minimum atomic E-state index is -1.29. The molecule has 0 aliphatic rings. The Kier molecular flexibility index (Phi) is 2.41. The lowest BCUT2D eigenvalue weighted by Gasteiger charge is -2.19. The fourth-order valence-corrected chi connectivity index (χ4v) is 2.68. The number of hydrogen-bond donors (Lipinski definition) is 0. The molecule has 0 radical (unpaired) electrons. The van der Waals surface area contributed by atoms with Crippen LogP contribution in [0, 0.1) is 0 Å². The SMILES string of the molecule is C=C=C(n1cccc1)[Si](C)(C)C. The van der Waals surface area contributed by atoms with Crippen molar-refractivity contribution in [3.05, 3.63) is 36.8 Å².